The van der Waals surface area contributed by atoms with Gasteiger partial charge in [-0.15, -0.1) is 0 Å². The molecule has 2 N–H and O–H groups in total. The maximum absolute atomic E-state index is 12.5. The van der Waals surface area contributed by atoms with Gasteiger partial charge < -0.3 is 5.73 Å². The van der Waals surface area contributed by atoms with Gasteiger partial charge in [-0.05, 0) is 37.0 Å². The number of halogens is 1. The van der Waals surface area contributed by atoms with Gasteiger partial charge in [-0.2, -0.15) is 0 Å². The summed E-state index contributed by atoms with van der Waals surface area (Å²) in [5, 5.41) is 0. The summed E-state index contributed by atoms with van der Waals surface area (Å²) in [5.41, 5.74) is 6.47. The Kier molecular flexibility index (Phi) is 3.83. The minimum Gasteiger partial charge on any atom is -0.393 e. The van der Waals surface area contributed by atoms with E-state index in [9.17, 15) is 4.39 Å². The normalized spacial score (nSPS) is 9.92. The summed E-state index contributed by atoms with van der Waals surface area (Å²) in [7, 11) is 0. The zero-order valence-electron chi connectivity index (χ0n) is 7.29. The quantitative estimate of drug-likeness (QED) is 0.750. The molecule has 0 aliphatic heterocycles. The van der Waals surface area contributed by atoms with E-state index < -0.39 is 0 Å². The van der Waals surface area contributed by atoms with Crippen molar-refractivity contribution in [1.29, 1.82) is 0 Å². The SMILES string of the molecule is NC(=S)CCCc1ccc(F)cc1. The average molecular weight is 197 g/mol. The Morgan fingerprint density at radius 1 is 1.31 bits per heavy atom. The lowest BCUT2D eigenvalue weighted by molar-refractivity contribution is 0.626. The van der Waals surface area contributed by atoms with Crippen LogP contribution in [0, 0.1) is 5.82 Å². The molecule has 0 aliphatic rings. The summed E-state index contributed by atoms with van der Waals surface area (Å²) < 4.78 is 12.5. The van der Waals surface area contributed by atoms with Crippen LogP contribution in [0.4, 0.5) is 4.39 Å². The maximum atomic E-state index is 12.5. The fourth-order valence-electron chi connectivity index (χ4n) is 1.12. The first kappa shape index (κ1) is 10.1. The Labute approximate surface area is 82.8 Å². The van der Waals surface area contributed by atoms with Crippen molar-refractivity contribution in [3.8, 4) is 0 Å². The highest BCUT2D eigenvalue weighted by molar-refractivity contribution is 7.80. The standard InChI is InChI=1S/C10H12FNS/c11-9-6-4-8(5-7-9)2-1-3-10(12)13/h4-7H,1-3H2,(H2,12,13). The van der Waals surface area contributed by atoms with Gasteiger partial charge in [0.25, 0.3) is 0 Å². The molecule has 3 heteroatoms. The Morgan fingerprint density at radius 2 is 1.92 bits per heavy atom. The average Bonchev–Trinajstić information content (AvgIpc) is 2.08. The van der Waals surface area contributed by atoms with Crippen molar-refractivity contribution in [3.05, 3.63) is 35.6 Å². The molecule has 0 bridgehead atoms. The molecule has 0 radical (unpaired) electrons. The van der Waals surface area contributed by atoms with Crippen LogP contribution >= 0.6 is 12.2 Å². The first-order valence-corrected chi connectivity index (χ1v) is 4.62. The second kappa shape index (κ2) is 4.92. The second-order valence-corrected chi connectivity index (χ2v) is 3.47. The fraction of sp³-hybridized carbons (Fsp3) is 0.300. The molecular weight excluding hydrogens is 185 g/mol. The molecule has 0 spiro atoms. The fourth-order valence-corrected chi connectivity index (χ4v) is 1.26. The zero-order chi connectivity index (χ0) is 9.68. The molecule has 0 amide bonds. The van der Waals surface area contributed by atoms with E-state index in [0.29, 0.717) is 4.99 Å². The number of nitrogens with two attached hydrogens (primary N) is 1. The smallest absolute Gasteiger partial charge is 0.123 e. The third-order valence-electron chi connectivity index (χ3n) is 1.80. The summed E-state index contributed by atoms with van der Waals surface area (Å²) in [6, 6.07) is 6.51. The number of hydrogen-bond donors (Lipinski definition) is 1. The molecule has 1 aromatic rings. The van der Waals surface area contributed by atoms with Crippen LogP contribution in [0.2, 0.25) is 0 Å². The lowest BCUT2D eigenvalue weighted by Gasteiger charge is -2.00. The van der Waals surface area contributed by atoms with Crippen LogP contribution in [-0.4, -0.2) is 4.99 Å². The predicted molar refractivity (Wildman–Crippen MR) is 56.1 cm³/mol. The molecule has 0 aliphatic carbocycles. The molecule has 1 aromatic carbocycles. The number of thiocarbonyl (C=S) groups is 1. The zero-order valence-corrected chi connectivity index (χ0v) is 8.11. The van der Waals surface area contributed by atoms with E-state index in [1.54, 1.807) is 12.1 Å². The summed E-state index contributed by atoms with van der Waals surface area (Å²) in [6.07, 6.45) is 2.59. The topological polar surface area (TPSA) is 26.0 Å². The molecule has 0 atom stereocenters. The first-order valence-electron chi connectivity index (χ1n) is 4.21. The van der Waals surface area contributed by atoms with Crippen LogP contribution in [0.3, 0.4) is 0 Å². The van der Waals surface area contributed by atoms with Crippen LogP contribution < -0.4 is 5.73 Å². The summed E-state index contributed by atoms with van der Waals surface area (Å²) >= 11 is 4.75. The van der Waals surface area contributed by atoms with Gasteiger partial charge in [0.2, 0.25) is 0 Å². The molecule has 0 saturated carbocycles. The molecule has 0 saturated heterocycles. The minimum absolute atomic E-state index is 0.196. The van der Waals surface area contributed by atoms with E-state index in [2.05, 4.69) is 0 Å². The summed E-state index contributed by atoms with van der Waals surface area (Å²) in [6.45, 7) is 0. The maximum Gasteiger partial charge on any atom is 0.123 e. The summed E-state index contributed by atoms with van der Waals surface area (Å²) in [5.74, 6) is -0.196. The number of benzene rings is 1. The van der Waals surface area contributed by atoms with Crippen molar-refractivity contribution in [2.24, 2.45) is 5.73 Å². The second-order valence-electron chi connectivity index (χ2n) is 2.95. The van der Waals surface area contributed by atoms with E-state index in [1.807, 2.05) is 0 Å². The minimum atomic E-state index is -0.196. The third-order valence-corrected chi connectivity index (χ3v) is 2.01. The van der Waals surface area contributed by atoms with Crippen LogP contribution in [-0.2, 0) is 6.42 Å². The van der Waals surface area contributed by atoms with Crippen LogP contribution in [0.1, 0.15) is 18.4 Å². The predicted octanol–water partition coefficient (Wildman–Crippen LogP) is 2.43. The van der Waals surface area contributed by atoms with Crippen molar-refractivity contribution in [2.45, 2.75) is 19.3 Å². The lowest BCUT2D eigenvalue weighted by Crippen LogP contribution is -2.07. The molecule has 13 heavy (non-hydrogen) atoms. The van der Waals surface area contributed by atoms with Gasteiger partial charge in [0.05, 0.1) is 4.99 Å². The van der Waals surface area contributed by atoms with Gasteiger partial charge in [-0.1, -0.05) is 24.4 Å². The molecular formula is C10H12FNS. The summed E-state index contributed by atoms with van der Waals surface area (Å²) in [4.78, 5) is 0.544. The number of aryl methyl sites for hydroxylation is 1. The van der Waals surface area contributed by atoms with Crippen LogP contribution in [0.15, 0.2) is 24.3 Å². The molecule has 0 aromatic heterocycles. The van der Waals surface area contributed by atoms with E-state index in [1.165, 1.54) is 12.1 Å². The number of hydrogen-bond acceptors (Lipinski definition) is 1. The van der Waals surface area contributed by atoms with E-state index in [0.717, 1.165) is 24.8 Å². The molecule has 1 rings (SSSR count). The first-order chi connectivity index (χ1) is 6.18. The highest BCUT2D eigenvalue weighted by Crippen LogP contribution is 2.06. The van der Waals surface area contributed by atoms with E-state index in [-0.39, 0.29) is 5.82 Å². The van der Waals surface area contributed by atoms with Crippen molar-refractivity contribution >= 4 is 17.2 Å². The van der Waals surface area contributed by atoms with Crippen molar-refractivity contribution in [2.75, 3.05) is 0 Å². The van der Waals surface area contributed by atoms with Crippen LogP contribution in [0.5, 0.6) is 0 Å². The molecule has 1 nitrogen and oxygen atoms in total. The van der Waals surface area contributed by atoms with Gasteiger partial charge in [0.15, 0.2) is 0 Å². The Balaban J connectivity index is 2.37. The Hall–Kier alpha value is -0.960. The van der Waals surface area contributed by atoms with E-state index >= 15 is 0 Å². The van der Waals surface area contributed by atoms with E-state index in [4.69, 9.17) is 18.0 Å². The molecule has 0 unspecified atom stereocenters. The largest absolute Gasteiger partial charge is 0.393 e. The van der Waals surface area contributed by atoms with Gasteiger partial charge in [0, 0.05) is 0 Å². The molecule has 0 fully saturated rings. The molecule has 0 heterocycles. The monoisotopic (exact) mass is 197 g/mol. The molecule has 70 valence electrons. The highest BCUT2D eigenvalue weighted by Gasteiger charge is 1.95. The van der Waals surface area contributed by atoms with Gasteiger partial charge in [-0.25, -0.2) is 4.39 Å². The van der Waals surface area contributed by atoms with Crippen molar-refractivity contribution in [3.63, 3.8) is 0 Å². The highest BCUT2D eigenvalue weighted by atomic mass is 32.1. The number of rotatable bonds is 4. The van der Waals surface area contributed by atoms with Gasteiger partial charge >= 0.3 is 0 Å². The van der Waals surface area contributed by atoms with Crippen LogP contribution in [0.25, 0.3) is 0 Å². The lowest BCUT2D eigenvalue weighted by atomic mass is 10.1. The Bertz CT molecular complexity index is 281. The third kappa shape index (κ3) is 3.99. The Morgan fingerprint density at radius 3 is 2.46 bits per heavy atom. The van der Waals surface area contributed by atoms with Gasteiger partial charge in [-0.3, -0.25) is 0 Å². The van der Waals surface area contributed by atoms with Gasteiger partial charge in [0.1, 0.15) is 5.82 Å². The van der Waals surface area contributed by atoms with Crippen molar-refractivity contribution < 1.29 is 4.39 Å². The van der Waals surface area contributed by atoms with Crippen molar-refractivity contribution in [1.82, 2.24) is 0 Å².